The van der Waals surface area contributed by atoms with Gasteiger partial charge in [-0.3, -0.25) is 0 Å². The maximum Gasteiger partial charge on any atom is 0.141 e. The first-order chi connectivity index (χ1) is 9.43. The Kier molecular flexibility index (Phi) is 2.91. The second-order valence-electron chi connectivity index (χ2n) is 5.64. The Morgan fingerprint density at radius 2 is 1.79 bits per heavy atom. The van der Waals surface area contributed by atoms with Gasteiger partial charge in [-0.1, -0.05) is 6.42 Å². The predicted molar refractivity (Wildman–Crippen MR) is 80.1 cm³/mol. The average Bonchev–Trinajstić information content (AvgIpc) is 3.02. The number of nitrogens with zero attached hydrogens (tertiary/aromatic N) is 3. The fourth-order valence-corrected chi connectivity index (χ4v) is 4.64. The molecule has 1 aliphatic carbocycles. The molecule has 2 aliphatic rings. The molecule has 0 N–H and O–H groups in total. The molecule has 4 rings (SSSR count). The van der Waals surface area contributed by atoms with E-state index in [0.29, 0.717) is 0 Å². The molecule has 1 fully saturated rings. The van der Waals surface area contributed by atoms with E-state index in [0.717, 1.165) is 13.1 Å². The topological polar surface area (TPSA) is 29.0 Å². The molecule has 1 aliphatic heterocycles. The lowest BCUT2D eigenvalue weighted by molar-refractivity contribution is 0.713. The summed E-state index contributed by atoms with van der Waals surface area (Å²) in [6, 6.07) is 0. The number of thiophene rings is 1. The number of aromatic nitrogens is 2. The molecule has 0 aromatic carbocycles. The van der Waals surface area contributed by atoms with Crippen LogP contribution >= 0.6 is 11.3 Å². The van der Waals surface area contributed by atoms with Crippen molar-refractivity contribution in [2.75, 3.05) is 18.0 Å². The highest BCUT2D eigenvalue weighted by Gasteiger charge is 2.23. The first-order valence-electron chi connectivity index (χ1n) is 7.44. The van der Waals surface area contributed by atoms with Gasteiger partial charge < -0.3 is 4.90 Å². The third-order valence-electron chi connectivity index (χ3n) is 4.39. The van der Waals surface area contributed by atoms with E-state index in [9.17, 15) is 0 Å². The minimum absolute atomic E-state index is 1.16. The van der Waals surface area contributed by atoms with Gasteiger partial charge in [0.25, 0.3) is 0 Å². The lowest BCUT2D eigenvalue weighted by Gasteiger charge is -2.17. The third-order valence-corrected chi connectivity index (χ3v) is 5.59. The summed E-state index contributed by atoms with van der Waals surface area (Å²) in [5.74, 6) is 1.21. The molecule has 0 unspecified atom stereocenters. The van der Waals surface area contributed by atoms with Gasteiger partial charge in [-0.25, -0.2) is 9.97 Å². The summed E-state index contributed by atoms with van der Waals surface area (Å²) in [6.07, 6.45) is 10.9. The molecule has 2 aromatic heterocycles. The highest BCUT2D eigenvalue weighted by atomic mass is 32.1. The predicted octanol–water partition coefficient (Wildman–Crippen LogP) is 3.56. The highest BCUT2D eigenvalue weighted by molar-refractivity contribution is 7.18. The Morgan fingerprint density at radius 3 is 2.68 bits per heavy atom. The van der Waals surface area contributed by atoms with Crippen LogP contribution in [0.5, 0.6) is 0 Å². The number of rotatable bonds is 1. The molecular weight excluding hydrogens is 254 g/mol. The lowest BCUT2D eigenvalue weighted by Crippen LogP contribution is -2.19. The van der Waals surface area contributed by atoms with Crippen LogP contribution in [0.4, 0.5) is 5.82 Å². The van der Waals surface area contributed by atoms with Crippen molar-refractivity contribution >= 4 is 27.4 Å². The molecule has 3 nitrogen and oxygen atoms in total. The van der Waals surface area contributed by atoms with Crippen LogP contribution in [-0.4, -0.2) is 23.1 Å². The SMILES string of the molecule is c1nc(N2CCCC2)c2c3c(sc2n1)CCCCC3. The van der Waals surface area contributed by atoms with Crippen molar-refractivity contribution in [3.8, 4) is 0 Å². The van der Waals surface area contributed by atoms with Crippen molar-refractivity contribution in [2.45, 2.75) is 44.9 Å². The van der Waals surface area contributed by atoms with Gasteiger partial charge in [0.2, 0.25) is 0 Å². The van der Waals surface area contributed by atoms with E-state index >= 15 is 0 Å². The van der Waals surface area contributed by atoms with E-state index in [2.05, 4.69) is 14.9 Å². The van der Waals surface area contributed by atoms with Crippen LogP contribution in [-0.2, 0) is 12.8 Å². The van der Waals surface area contributed by atoms with Crippen LogP contribution in [0.15, 0.2) is 6.33 Å². The number of anilines is 1. The highest BCUT2D eigenvalue weighted by Crippen LogP contribution is 2.39. The summed E-state index contributed by atoms with van der Waals surface area (Å²) < 4.78 is 0. The zero-order valence-electron chi connectivity index (χ0n) is 11.2. The maximum atomic E-state index is 4.62. The zero-order chi connectivity index (χ0) is 12.7. The van der Waals surface area contributed by atoms with E-state index < -0.39 is 0 Å². The smallest absolute Gasteiger partial charge is 0.141 e. The fourth-order valence-electron chi connectivity index (χ4n) is 3.42. The van der Waals surface area contributed by atoms with Crippen LogP contribution < -0.4 is 4.90 Å². The van der Waals surface area contributed by atoms with Crippen LogP contribution in [0, 0.1) is 0 Å². The van der Waals surface area contributed by atoms with Crippen molar-refractivity contribution in [3.05, 3.63) is 16.8 Å². The van der Waals surface area contributed by atoms with Gasteiger partial charge in [0.1, 0.15) is 17.0 Å². The maximum absolute atomic E-state index is 4.62. The molecule has 0 spiro atoms. The standard InChI is InChI=1S/C15H19N3S/c1-2-6-11-12(7-3-1)19-15-13(11)14(16-10-17-15)18-8-4-5-9-18/h10H,1-9H2. The molecule has 1 saturated heterocycles. The number of aryl methyl sites for hydroxylation is 2. The fraction of sp³-hybridized carbons (Fsp3) is 0.600. The average molecular weight is 273 g/mol. The minimum Gasteiger partial charge on any atom is -0.356 e. The Balaban J connectivity index is 1.90. The van der Waals surface area contributed by atoms with Gasteiger partial charge in [0.15, 0.2) is 0 Å². The first-order valence-corrected chi connectivity index (χ1v) is 8.25. The molecule has 0 atom stereocenters. The van der Waals surface area contributed by atoms with Crippen LogP contribution in [0.3, 0.4) is 0 Å². The van der Waals surface area contributed by atoms with E-state index in [4.69, 9.17) is 0 Å². The molecule has 4 heteroatoms. The summed E-state index contributed by atoms with van der Waals surface area (Å²) >= 11 is 1.91. The van der Waals surface area contributed by atoms with Crippen molar-refractivity contribution in [1.82, 2.24) is 9.97 Å². The summed E-state index contributed by atoms with van der Waals surface area (Å²) in [5, 5.41) is 1.38. The lowest BCUT2D eigenvalue weighted by atomic mass is 10.1. The van der Waals surface area contributed by atoms with Crippen molar-refractivity contribution in [1.29, 1.82) is 0 Å². The Labute approximate surface area is 117 Å². The molecular formula is C15H19N3S. The Bertz CT molecular complexity index is 599. The van der Waals surface area contributed by atoms with Gasteiger partial charge in [0, 0.05) is 18.0 Å². The molecule has 0 saturated carbocycles. The van der Waals surface area contributed by atoms with Gasteiger partial charge in [0.05, 0.1) is 5.39 Å². The van der Waals surface area contributed by atoms with E-state index in [1.165, 1.54) is 61.0 Å². The monoisotopic (exact) mass is 273 g/mol. The number of fused-ring (bicyclic) bond motifs is 3. The summed E-state index contributed by atoms with van der Waals surface area (Å²) in [7, 11) is 0. The van der Waals surface area contributed by atoms with Gasteiger partial charge in [-0.2, -0.15) is 0 Å². The van der Waals surface area contributed by atoms with Gasteiger partial charge >= 0.3 is 0 Å². The minimum atomic E-state index is 1.16. The Hall–Kier alpha value is -1.16. The summed E-state index contributed by atoms with van der Waals surface area (Å²) in [6.45, 7) is 2.33. The van der Waals surface area contributed by atoms with Crippen molar-refractivity contribution < 1.29 is 0 Å². The Morgan fingerprint density at radius 1 is 0.947 bits per heavy atom. The zero-order valence-corrected chi connectivity index (χ0v) is 12.0. The normalized spacial score (nSPS) is 19.7. The quantitative estimate of drug-likeness (QED) is 0.744. The molecule has 19 heavy (non-hydrogen) atoms. The molecule has 100 valence electrons. The molecule has 0 radical (unpaired) electrons. The van der Waals surface area contributed by atoms with Crippen LogP contribution in [0.25, 0.3) is 10.2 Å². The van der Waals surface area contributed by atoms with Crippen LogP contribution in [0.2, 0.25) is 0 Å². The van der Waals surface area contributed by atoms with Gasteiger partial charge in [-0.15, -0.1) is 11.3 Å². The first kappa shape index (κ1) is 11.6. The molecule has 3 heterocycles. The second-order valence-corrected chi connectivity index (χ2v) is 6.72. The van der Waals surface area contributed by atoms with Crippen LogP contribution in [0.1, 0.15) is 42.5 Å². The second kappa shape index (κ2) is 4.75. The number of hydrogen-bond donors (Lipinski definition) is 0. The van der Waals surface area contributed by atoms with E-state index in [1.807, 2.05) is 11.3 Å². The largest absolute Gasteiger partial charge is 0.356 e. The van der Waals surface area contributed by atoms with E-state index in [1.54, 1.807) is 16.8 Å². The summed E-state index contributed by atoms with van der Waals surface area (Å²) in [4.78, 5) is 14.4. The van der Waals surface area contributed by atoms with E-state index in [-0.39, 0.29) is 0 Å². The van der Waals surface area contributed by atoms with Crippen molar-refractivity contribution in [3.63, 3.8) is 0 Å². The third kappa shape index (κ3) is 1.93. The summed E-state index contributed by atoms with van der Waals surface area (Å²) in [5.41, 5.74) is 1.57. The van der Waals surface area contributed by atoms with Gasteiger partial charge in [-0.05, 0) is 44.1 Å². The van der Waals surface area contributed by atoms with Crippen molar-refractivity contribution in [2.24, 2.45) is 0 Å². The molecule has 0 bridgehead atoms. The molecule has 0 amide bonds. The molecule has 2 aromatic rings. The number of hydrogen-bond acceptors (Lipinski definition) is 4.